The topological polar surface area (TPSA) is 78.0 Å². The van der Waals surface area contributed by atoms with E-state index in [0.29, 0.717) is 5.69 Å². The Labute approximate surface area is 126 Å². The molecule has 6 nitrogen and oxygen atoms in total. The fraction of sp³-hybridized carbons (Fsp3) is 0.600. The van der Waals surface area contributed by atoms with Gasteiger partial charge in [0.1, 0.15) is 5.69 Å². The summed E-state index contributed by atoms with van der Waals surface area (Å²) in [6.45, 7) is 11.0. The van der Waals surface area contributed by atoms with Crippen molar-refractivity contribution in [2.24, 2.45) is 16.8 Å². The fourth-order valence-corrected chi connectivity index (χ4v) is 2.67. The molecule has 0 atom stereocenters. The number of hydrogen-bond acceptors (Lipinski definition) is 5. The number of hydrogen-bond donors (Lipinski definition) is 2. The lowest BCUT2D eigenvalue weighted by Gasteiger charge is -2.35. The third-order valence-corrected chi connectivity index (χ3v) is 3.69. The van der Waals surface area contributed by atoms with E-state index in [-0.39, 0.29) is 5.84 Å². The van der Waals surface area contributed by atoms with Crippen LogP contribution in [0.5, 0.6) is 0 Å². The van der Waals surface area contributed by atoms with Gasteiger partial charge in [-0.25, -0.2) is 0 Å². The van der Waals surface area contributed by atoms with Crippen LogP contribution >= 0.6 is 0 Å². The van der Waals surface area contributed by atoms with Crippen LogP contribution in [0.1, 0.15) is 25.1 Å². The highest BCUT2D eigenvalue weighted by Gasteiger charge is 2.17. The second-order valence-corrected chi connectivity index (χ2v) is 6.01. The van der Waals surface area contributed by atoms with Crippen LogP contribution in [0.15, 0.2) is 23.5 Å². The molecule has 1 aromatic heterocycles. The third-order valence-electron chi connectivity index (χ3n) is 3.69. The van der Waals surface area contributed by atoms with E-state index in [4.69, 9.17) is 10.9 Å². The van der Waals surface area contributed by atoms with Gasteiger partial charge >= 0.3 is 0 Å². The van der Waals surface area contributed by atoms with Gasteiger partial charge in [0.2, 0.25) is 0 Å². The molecule has 1 fully saturated rings. The Morgan fingerprint density at radius 1 is 1.33 bits per heavy atom. The number of rotatable bonds is 5. The van der Waals surface area contributed by atoms with E-state index in [2.05, 4.69) is 33.8 Å². The molecule has 3 N–H and O–H groups in total. The quantitative estimate of drug-likeness (QED) is 0.365. The first-order valence-electron chi connectivity index (χ1n) is 7.46. The summed E-state index contributed by atoms with van der Waals surface area (Å²) in [5.41, 5.74) is 7.24. The molecule has 0 bridgehead atoms. The van der Waals surface area contributed by atoms with Crippen LogP contribution in [-0.2, 0) is 6.54 Å². The minimum atomic E-state index is 0.0543. The van der Waals surface area contributed by atoms with Crippen molar-refractivity contribution in [2.45, 2.75) is 20.4 Å². The van der Waals surface area contributed by atoms with Crippen molar-refractivity contribution in [2.75, 3.05) is 32.7 Å². The number of piperazine rings is 1. The van der Waals surface area contributed by atoms with Gasteiger partial charge in [-0.15, -0.1) is 0 Å². The SMILES string of the molecule is CC(C)CN1CCN(Cc2ccnc(C(N)=NO)c2)CC1. The number of oxime groups is 1. The molecule has 1 aliphatic heterocycles. The van der Waals surface area contributed by atoms with Crippen LogP contribution in [-0.4, -0.2) is 58.6 Å². The Kier molecular flexibility index (Phi) is 5.52. The molecule has 0 amide bonds. The molecule has 1 aliphatic rings. The van der Waals surface area contributed by atoms with E-state index >= 15 is 0 Å². The standard InChI is InChI=1S/C15H25N5O/c1-12(2)10-19-5-7-20(8-6-19)11-13-3-4-17-14(9-13)15(16)18-21/h3-4,9,12,21H,5-8,10-11H2,1-2H3,(H2,16,18). The highest BCUT2D eigenvalue weighted by molar-refractivity contribution is 5.95. The molecule has 0 saturated carbocycles. The van der Waals surface area contributed by atoms with E-state index in [1.165, 1.54) is 6.54 Å². The van der Waals surface area contributed by atoms with Crippen molar-refractivity contribution >= 4 is 5.84 Å². The lowest BCUT2D eigenvalue weighted by atomic mass is 10.1. The summed E-state index contributed by atoms with van der Waals surface area (Å²) < 4.78 is 0. The summed E-state index contributed by atoms with van der Waals surface area (Å²) >= 11 is 0. The Morgan fingerprint density at radius 2 is 2.00 bits per heavy atom. The van der Waals surface area contributed by atoms with Gasteiger partial charge in [0.15, 0.2) is 5.84 Å². The van der Waals surface area contributed by atoms with Gasteiger partial charge in [-0.2, -0.15) is 0 Å². The molecule has 116 valence electrons. The van der Waals surface area contributed by atoms with Crippen LogP contribution in [0, 0.1) is 5.92 Å². The maximum Gasteiger partial charge on any atom is 0.188 e. The Morgan fingerprint density at radius 3 is 2.62 bits per heavy atom. The predicted molar refractivity (Wildman–Crippen MR) is 83.3 cm³/mol. The normalized spacial score (nSPS) is 18.3. The largest absolute Gasteiger partial charge is 0.409 e. The molecule has 0 aliphatic carbocycles. The summed E-state index contributed by atoms with van der Waals surface area (Å²) in [6.07, 6.45) is 1.71. The van der Waals surface area contributed by atoms with Gasteiger partial charge in [-0.3, -0.25) is 9.88 Å². The van der Waals surface area contributed by atoms with Gasteiger partial charge in [-0.1, -0.05) is 19.0 Å². The van der Waals surface area contributed by atoms with Gasteiger partial charge in [0.05, 0.1) is 0 Å². The molecular weight excluding hydrogens is 266 g/mol. The zero-order valence-electron chi connectivity index (χ0n) is 12.9. The Bertz CT molecular complexity index is 481. The summed E-state index contributed by atoms with van der Waals surface area (Å²) in [7, 11) is 0. The smallest absolute Gasteiger partial charge is 0.188 e. The van der Waals surface area contributed by atoms with Crippen molar-refractivity contribution in [1.82, 2.24) is 14.8 Å². The Balaban J connectivity index is 1.89. The van der Waals surface area contributed by atoms with E-state index in [1.54, 1.807) is 6.20 Å². The van der Waals surface area contributed by atoms with Crippen LogP contribution in [0.25, 0.3) is 0 Å². The molecule has 21 heavy (non-hydrogen) atoms. The van der Waals surface area contributed by atoms with Crippen molar-refractivity contribution in [3.05, 3.63) is 29.6 Å². The van der Waals surface area contributed by atoms with E-state index in [1.807, 2.05) is 12.1 Å². The lowest BCUT2D eigenvalue weighted by molar-refractivity contribution is 0.117. The minimum Gasteiger partial charge on any atom is -0.409 e. The maximum atomic E-state index is 8.71. The number of nitrogens with two attached hydrogens (primary N) is 1. The molecule has 2 rings (SSSR count). The molecule has 0 spiro atoms. The molecule has 0 unspecified atom stereocenters. The summed E-state index contributed by atoms with van der Waals surface area (Å²) in [4.78, 5) is 9.06. The van der Waals surface area contributed by atoms with E-state index in [9.17, 15) is 0 Å². The second-order valence-electron chi connectivity index (χ2n) is 6.01. The number of amidine groups is 1. The summed E-state index contributed by atoms with van der Waals surface area (Å²) in [5.74, 6) is 0.777. The van der Waals surface area contributed by atoms with Crippen molar-refractivity contribution < 1.29 is 5.21 Å². The molecule has 1 aromatic rings. The zero-order valence-corrected chi connectivity index (χ0v) is 12.9. The number of pyridine rings is 1. The van der Waals surface area contributed by atoms with Crippen molar-refractivity contribution in [3.63, 3.8) is 0 Å². The Hall–Kier alpha value is -1.66. The first kappa shape index (κ1) is 15.7. The van der Waals surface area contributed by atoms with Crippen LogP contribution in [0.4, 0.5) is 0 Å². The monoisotopic (exact) mass is 291 g/mol. The molecule has 0 radical (unpaired) electrons. The summed E-state index contributed by atoms with van der Waals surface area (Å²) in [5, 5.41) is 11.7. The highest BCUT2D eigenvalue weighted by atomic mass is 16.4. The van der Waals surface area contributed by atoms with Crippen LogP contribution in [0.3, 0.4) is 0 Å². The molecule has 1 saturated heterocycles. The fourth-order valence-electron chi connectivity index (χ4n) is 2.67. The molecular formula is C15H25N5O. The average molecular weight is 291 g/mol. The van der Waals surface area contributed by atoms with Gasteiger partial charge in [-0.05, 0) is 23.6 Å². The first-order chi connectivity index (χ1) is 10.1. The molecule has 0 aromatic carbocycles. The second kappa shape index (κ2) is 7.38. The van der Waals surface area contributed by atoms with Gasteiger partial charge in [0, 0.05) is 45.5 Å². The van der Waals surface area contributed by atoms with Crippen LogP contribution in [0.2, 0.25) is 0 Å². The third kappa shape index (κ3) is 4.68. The van der Waals surface area contributed by atoms with Gasteiger partial charge in [0.25, 0.3) is 0 Å². The average Bonchev–Trinajstić information content (AvgIpc) is 2.48. The number of aromatic nitrogens is 1. The number of nitrogens with zero attached hydrogens (tertiary/aromatic N) is 4. The lowest BCUT2D eigenvalue weighted by Crippen LogP contribution is -2.46. The summed E-state index contributed by atoms with van der Waals surface area (Å²) in [6, 6.07) is 3.87. The first-order valence-corrected chi connectivity index (χ1v) is 7.46. The van der Waals surface area contributed by atoms with Crippen LogP contribution < -0.4 is 5.73 Å². The molecule has 6 heteroatoms. The maximum absolute atomic E-state index is 8.71. The van der Waals surface area contributed by atoms with E-state index < -0.39 is 0 Å². The van der Waals surface area contributed by atoms with E-state index in [0.717, 1.165) is 44.2 Å². The predicted octanol–water partition coefficient (Wildman–Crippen LogP) is 0.950. The molecule has 2 heterocycles. The van der Waals surface area contributed by atoms with Gasteiger partial charge < -0.3 is 15.8 Å². The highest BCUT2D eigenvalue weighted by Crippen LogP contribution is 2.10. The van der Waals surface area contributed by atoms with Crippen molar-refractivity contribution in [1.29, 1.82) is 0 Å². The minimum absolute atomic E-state index is 0.0543. The zero-order chi connectivity index (χ0) is 15.2. The van der Waals surface area contributed by atoms with Crippen molar-refractivity contribution in [3.8, 4) is 0 Å².